The number of carbonyl (C=O) groups is 1. The largest absolute Gasteiger partial charge is 0.573 e. The highest BCUT2D eigenvalue weighted by Crippen LogP contribution is 2.34. The Kier molecular flexibility index (Phi) is 5.00. The van der Waals surface area contributed by atoms with Crippen LogP contribution in [-0.2, 0) is 13.1 Å². The number of fused-ring (bicyclic) bond motifs is 1. The SMILES string of the molecule is CCOc1cc(Cl)c2c(c1)CN(Cc1ccc(OC(F)(F)F)cc1)C2=O. The molecule has 0 unspecified atom stereocenters. The summed E-state index contributed by atoms with van der Waals surface area (Å²) >= 11 is 6.21. The first kappa shape index (κ1) is 18.4. The maximum absolute atomic E-state index is 12.6. The molecule has 0 atom stereocenters. The number of benzene rings is 2. The number of alkyl halides is 3. The molecule has 4 nitrogen and oxygen atoms in total. The number of rotatable bonds is 5. The Morgan fingerprint density at radius 2 is 1.85 bits per heavy atom. The summed E-state index contributed by atoms with van der Waals surface area (Å²) in [6.45, 7) is 2.94. The molecule has 0 aliphatic carbocycles. The van der Waals surface area contributed by atoms with Crippen LogP contribution in [0.3, 0.4) is 0 Å². The monoisotopic (exact) mass is 385 g/mol. The molecule has 3 rings (SSSR count). The number of amides is 1. The lowest BCUT2D eigenvalue weighted by molar-refractivity contribution is -0.274. The van der Waals surface area contributed by atoms with Gasteiger partial charge in [-0.15, -0.1) is 13.2 Å². The zero-order chi connectivity index (χ0) is 18.9. The molecule has 138 valence electrons. The summed E-state index contributed by atoms with van der Waals surface area (Å²) in [5.74, 6) is 0.0740. The number of ether oxygens (including phenoxy) is 2. The van der Waals surface area contributed by atoms with Crippen molar-refractivity contribution >= 4 is 17.5 Å². The summed E-state index contributed by atoms with van der Waals surface area (Å²) in [5, 5.41) is 0.326. The Balaban J connectivity index is 1.73. The molecule has 0 spiro atoms. The molecule has 2 aromatic rings. The lowest BCUT2D eigenvalue weighted by atomic mass is 10.1. The molecule has 1 aliphatic heterocycles. The highest BCUT2D eigenvalue weighted by molar-refractivity contribution is 6.34. The lowest BCUT2D eigenvalue weighted by Gasteiger charge is -2.16. The molecular formula is C18H15ClF3NO3. The van der Waals surface area contributed by atoms with Gasteiger partial charge in [0.2, 0.25) is 0 Å². The van der Waals surface area contributed by atoms with E-state index in [0.29, 0.717) is 35.1 Å². The van der Waals surface area contributed by atoms with Crippen LogP contribution in [0.25, 0.3) is 0 Å². The van der Waals surface area contributed by atoms with E-state index in [1.165, 1.54) is 24.3 Å². The maximum atomic E-state index is 12.6. The zero-order valence-corrected chi connectivity index (χ0v) is 14.5. The average molecular weight is 386 g/mol. The number of halogens is 4. The van der Waals surface area contributed by atoms with Crippen molar-refractivity contribution in [2.24, 2.45) is 0 Å². The van der Waals surface area contributed by atoms with Gasteiger partial charge < -0.3 is 14.4 Å². The summed E-state index contributed by atoms with van der Waals surface area (Å²) in [5.41, 5.74) is 1.89. The van der Waals surface area contributed by atoms with Crippen LogP contribution in [0.15, 0.2) is 36.4 Å². The number of nitrogens with zero attached hydrogens (tertiary/aromatic N) is 1. The maximum Gasteiger partial charge on any atom is 0.573 e. The summed E-state index contributed by atoms with van der Waals surface area (Å²) in [6, 6.07) is 8.81. The van der Waals surface area contributed by atoms with Crippen LogP contribution in [0.5, 0.6) is 11.5 Å². The fraction of sp³-hybridized carbons (Fsp3) is 0.278. The van der Waals surface area contributed by atoms with Crippen molar-refractivity contribution in [3.8, 4) is 11.5 Å². The molecule has 0 saturated carbocycles. The van der Waals surface area contributed by atoms with Gasteiger partial charge in [-0.25, -0.2) is 0 Å². The van der Waals surface area contributed by atoms with Gasteiger partial charge in [-0.05, 0) is 42.3 Å². The Hall–Kier alpha value is -2.41. The van der Waals surface area contributed by atoms with Gasteiger partial charge in [0.05, 0.1) is 17.2 Å². The molecule has 0 N–H and O–H groups in total. The van der Waals surface area contributed by atoms with E-state index >= 15 is 0 Å². The third kappa shape index (κ3) is 4.04. The first-order valence-corrected chi connectivity index (χ1v) is 8.24. The van der Waals surface area contributed by atoms with Crippen molar-refractivity contribution in [3.05, 3.63) is 58.1 Å². The van der Waals surface area contributed by atoms with Crippen LogP contribution < -0.4 is 9.47 Å². The molecule has 0 bridgehead atoms. The molecule has 26 heavy (non-hydrogen) atoms. The van der Waals surface area contributed by atoms with E-state index in [1.807, 2.05) is 6.92 Å². The van der Waals surface area contributed by atoms with Gasteiger partial charge in [0.15, 0.2) is 0 Å². The Bertz CT molecular complexity index is 822. The van der Waals surface area contributed by atoms with Crippen LogP contribution in [0.2, 0.25) is 5.02 Å². The summed E-state index contributed by atoms with van der Waals surface area (Å²) in [7, 11) is 0. The Labute approximate surface area is 153 Å². The van der Waals surface area contributed by atoms with E-state index in [0.717, 1.165) is 5.56 Å². The Morgan fingerprint density at radius 1 is 1.15 bits per heavy atom. The van der Waals surface area contributed by atoms with Crippen molar-refractivity contribution in [3.63, 3.8) is 0 Å². The highest BCUT2D eigenvalue weighted by atomic mass is 35.5. The minimum absolute atomic E-state index is 0.219. The second-order valence-corrected chi connectivity index (χ2v) is 6.13. The van der Waals surface area contributed by atoms with E-state index in [-0.39, 0.29) is 18.2 Å². The fourth-order valence-electron chi connectivity index (χ4n) is 2.83. The number of hydrogen-bond acceptors (Lipinski definition) is 3. The molecule has 1 heterocycles. The topological polar surface area (TPSA) is 38.8 Å². The van der Waals surface area contributed by atoms with Crippen LogP contribution in [-0.4, -0.2) is 23.8 Å². The van der Waals surface area contributed by atoms with Gasteiger partial charge in [0.25, 0.3) is 5.91 Å². The first-order valence-electron chi connectivity index (χ1n) is 7.86. The number of hydrogen-bond donors (Lipinski definition) is 0. The van der Waals surface area contributed by atoms with E-state index in [9.17, 15) is 18.0 Å². The zero-order valence-electron chi connectivity index (χ0n) is 13.8. The van der Waals surface area contributed by atoms with Crippen molar-refractivity contribution in [2.45, 2.75) is 26.4 Å². The van der Waals surface area contributed by atoms with Crippen molar-refractivity contribution in [1.29, 1.82) is 0 Å². The molecule has 0 aromatic heterocycles. The van der Waals surface area contributed by atoms with Crippen molar-refractivity contribution in [2.75, 3.05) is 6.61 Å². The van der Waals surface area contributed by atoms with E-state index < -0.39 is 6.36 Å². The van der Waals surface area contributed by atoms with Gasteiger partial charge in [-0.2, -0.15) is 0 Å². The second kappa shape index (κ2) is 7.07. The van der Waals surface area contributed by atoms with Crippen LogP contribution in [0.4, 0.5) is 13.2 Å². The lowest BCUT2D eigenvalue weighted by Crippen LogP contribution is -2.23. The predicted molar refractivity (Wildman–Crippen MR) is 89.3 cm³/mol. The average Bonchev–Trinajstić information content (AvgIpc) is 2.84. The molecule has 8 heteroatoms. The molecule has 0 fully saturated rings. The smallest absolute Gasteiger partial charge is 0.494 e. The molecule has 1 amide bonds. The highest BCUT2D eigenvalue weighted by Gasteiger charge is 2.32. The Morgan fingerprint density at radius 3 is 2.46 bits per heavy atom. The normalized spacial score (nSPS) is 13.7. The minimum atomic E-state index is -4.73. The van der Waals surface area contributed by atoms with E-state index in [2.05, 4.69) is 4.74 Å². The molecule has 0 saturated heterocycles. The summed E-state index contributed by atoms with van der Waals surface area (Å²) in [4.78, 5) is 14.1. The first-order chi connectivity index (χ1) is 12.3. The van der Waals surface area contributed by atoms with Gasteiger partial charge in [-0.3, -0.25) is 4.79 Å². The summed E-state index contributed by atoms with van der Waals surface area (Å²) in [6.07, 6.45) is -4.73. The standard InChI is InChI=1S/C18H15ClF3NO3/c1-2-25-14-7-12-10-23(17(24)16(12)15(19)8-14)9-11-3-5-13(6-4-11)26-18(20,21)22/h3-8H,2,9-10H2,1H3. The molecule has 2 aromatic carbocycles. The van der Waals surface area contributed by atoms with E-state index in [1.54, 1.807) is 17.0 Å². The molecule has 1 aliphatic rings. The third-order valence-electron chi connectivity index (χ3n) is 3.85. The van der Waals surface area contributed by atoms with Crippen molar-refractivity contribution in [1.82, 2.24) is 4.90 Å². The van der Waals surface area contributed by atoms with Crippen LogP contribution in [0.1, 0.15) is 28.4 Å². The summed E-state index contributed by atoms with van der Waals surface area (Å²) < 4.78 is 45.9. The minimum Gasteiger partial charge on any atom is -0.494 e. The van der Waals surface area contributed by atoms with Crippen LogP contribution >= 0.6 is 11.6 Å². The van der Waals surface area contributed by atoms with Gasteiger partial charge in [0, 0.05) is 13.1 Å². The molecule has 0 radical (unpaired) electrons. The fourth-order valence-corrected chi connectivity index (χ4v) is 3.14. The van der Waals surface area contributed by atoms with Crippen LogP contribution in [0, 0.1) is 0 Å². The third-order valence-corrected chi connectivity index (χ3v) is 4.15. The van der Waals surface area contributed by atoms with Gasteiger partial charge in [-0.1, -0.05) is 23.7 Å². The molecular weight excluding hydrogens is 371 g/mol. The quantitative estimate of drug-likeness (QED) is 0.742. The van der Waals surface area contributed by atoms with Crippen molar-refractivity contribution < 1.29 is 27.4 Å². The number of carbonyl (C=O) groups excluding carboxylic acids is 1. The predicted octanol–water partition coefficient (Wildman–Crippen LogP) is 4.79. The van der Waals surface area contributed by atoms with E-state index in [4.69, 9.17) is 16.3 Å². The second-order valence-electron chi connectivity index (χ2n) is 5.73. The van der Waals surface area contributed by atoms with Gasteiger partial charge in [0.1, 0.15) is 11.5 Å². The van der Waals surface area contributed by atoms with Gasteiger partial charge >= 0.3 is 6.36 Å².